The number of carbonyl (C=O) groups excluding carboxylic acids is 1. The summed E-state index contributed by atoms with van der Waals surface area (Å²) in [5, 5.41) is 21.1. The van der Waals surface area contributed by atoms with E-state index in [-0.39, 0.29) is 29.5 Å². The quantitative estimate of drug-likeness (QED) is 0.811. The summed E-state index contributed by atoms with van der Waals surface area (Å²) in [6.45, 7) is 4.21. The number of fused-ring (bicyclic) bond motifs is 1. The molecule has 0 aliphatic heterocycles. The van der Waals surface area contributed by atoms with Gasteiger partial charge >= 0.3 is 0 Å². The summed E-state index contributed by atoms with van der Waals surface area (Å²) in [7, 11) is 0. The van der Waals surface area contributed by atoms with E-state index in [2.05, 4.69) is 13.8 Å². The minimum atomic E-state index is -0.284. The molecule has 3 fully saturated rings. The Bertz CT molecular complexity index is 429. The van der Waals surface area contributed by atoms with Gasteiger partial charge in [0.25, 0.3) is 0 Å². The first kappa shape index (κ1) is 17.4. The van der Waals surface area contributed by atoms with Crippen LogP contribution in [0, 0.1) is 29.1 Å². The Morgan fingerprint density at radius 2 is 1.91 bits per heavy atom. The second-order valence-corrected chi connectivity index (χ2v) is 8.63. The highest BCUT2D eigenvalue weighted by Crippen LogP contribution is 2.60. The van der Waals surface area contributed by atoms with Crippen molar-refractivity contribution < 1.29 is 15.0 Å². The molecule has 23 heavy (non-hydrogen) atoms. The van der Waals surface area contributed by atoms with Crippen LogP contribution in [0.4, 0.5) is 0 Å². The predicted molar refractivity (Wildman–Crippen MR) is 90.9 cm³/mol. The van der Waals surface area contributed by atoms with E-state index in [9.17, 15) is 15.0 Å². The Kier molecular flexibility index (Phi) is 5.18. The van der Waals surface area contributed by atoms with E-state index in [0.717, 1.165) is 44.9 Å². The maximum Gasteiger partial charge on any atom is 0.142 e. The van der Waals surface area contributed by atoms with Crippen LogP contribution in [0.25, 0.3) is 0 Å². The summed E-state index contributed by atoms with van der Waals surface area (Å²) in [5.41, 5.74) is -0.194. The molecule has 0 heterocycles. The number of rotatable bonds is 5. The average Bonchev–Trinajstić information content (AvgIpc) is 2.58. The van der Waals surface area contributed by atoms with Crippen LogP contribution in [0.2, 0.25) is 0 Å². The van der Waals surface area contributed by atoms with Gasteiger partial charge in [-0.15, -0.1) is 0 Å². The van der Waals surface area contributed by atoms with Crippen molar-refractivity contribution in [3.8, 4) is 0 Å². The lowest BCUT2D eigenvalue weighted by Gasteiger charge is -2.59. The van der Waals surface area contributed by atoms with E-state index < -0.39 is 0 Å². The molecule has 6 atom stereocenters. The number of aliphatic hydroxyl groups is 2. The third-order valence-electron chi connectivity index (χ3n) is 7.41. The van der Waals surface area contributed by atoms with Gasteiger partial charge < -0.3 is 10.2 Å². The first-order valence-corrected chi connectivity index (χ1v) is 9.89. The van der Waals surface area contributed by atoms with Crippen LogP contribution in [-0.2, 0) is 4.79 Å². The second kappa shape index (κ2) is 6.84. The number of aliphatic hydroxyl groups excluding tert-OH is 2. The molecule has 3 aliphatic carbocycles. The molecule has 3 rings (SSSR count). The van der Waals surface area contributed by atoms with Crippen molar-refractivity contribution in [2.24, 2.45) is 29.1 Å². The van der Waals surface area contributed by atoms with Crippen LogP contribution in [0.5, 0.6) is 0 Å². The van der Waals surface area contributed by atoms with Gasteiger partial charge in [-0.25, -0.2) is 0 Å². The Balaban J connectivity index is 1.62. The topological polar surface area (TPSA) is 57.5 Å². The molecule has 0 radical (unpaired) electrons. The highest BCUT2D eigenvalue weighted by molar-refractivity contribution is 5.93. The maximum atomic E-state index is 12.5. The van der Waals surface area contributed by atoms with Crippen molar-refractivity contribution >= 4 is 5.78 Å². The fourth-order valence-electron chi connectivity index (χ4n) is 5.99. The average molecular weight is 322 g/mol. The molecule has 3 nitrogen and oxygen atoms in total. The minimum absolute atomic E-state index is 0.145. The van der Waals surface area contributed by atoms with Crippen molar-refractivity contribution in [3.05, 3.63) is 0 Å². The molecule has 0 aromatic heterocycles. The fourth-order valence-corrected chi connectivity index (χ4v) is 5.99. The van der Waals surface area contributed by atoms with Crippen LogP contribution >= 0.6 is 0 Å². The summed E-state index contributed by atoms with van der Waals surface area (Å²) in [6, 6.07) is 0. The van der Waals surface area contributed by atoms with Crippen LogP contribution in [0.15, 0.2) is 0 Å². The molecule has 2 N–H and O–H groups in total. The molecule has 3 saturated carbocycles. The van der Waals surface area contributed by atoms with Gasteiger partial charge in [-0.1, -0.05) is 33.1 Å². The summed E-state index contributed by atoms with van der Waals surface area (Å²) >= 11 is 0. The van der Waals surface area contributed by atoms with E-state index in [0.29, 0.717) is 17.6 Å². The molecule has 132 valence electrons. The maximum absolute atomic E-state index is 12.5. The molecule has 3 aliphatic rings. The first-order chi connectivity index (χ1) is 11.0. The summed E-state index contributed by atoms with van der Waals surface area (Å²) in [4.78, 5) is 12.5. The Morgan fingerprint density at radius 3 is 2.57 bits per heavy atom. The monoisotopic (exact) mass is 322 g/mol. The highest BCUT2D eigenvalue weighted by atomic mass is 16.3. The van der Waals surface area contributed by atoms with Crippen molar-refractivity contribution in [1.29, 1.82) is 0 Å². The largest absolute Gasteiger partial charge is 0.393 e. The summed E-state index contributed by atoms with van der Waals surface area (Å²) in [5.74, 6) is 1.57. The number of hydrogen-bond acceptors (Lipinski definition) is 3. The van der Waals surface area contributed by atoms with Gasteiger partial charge in [0.05, 0.1) is 12.2 Å². The number of Topliss-reactive ketones (excluding diaryl/α,β-unsaturated/α-hetero) is 1. The Morgan fingerprint density at radius 1 is 1.22 bits per heavy atom. The second-order valence-electron chi connectivity index (χ2n) is 8.63. The van der Waals surface area contributed by atoms with E-state index >= 15 is 0 Å². The van der Waals surface area contributed by atoms with Gasteiger partial charge in [0.1, 0.15) is 5.78 Å². The smallest absolute Gasteiger partial charge is 0.142 e. The SMILES string of the molecule is CCC1C(=O)C2(C)CCC(O)C(CCC(O)C3CCCCC3)C12. The lowest BCUT2D eigenvalue weighted by atomic mass is 9.44. The molecule has 6 unspecified atom stereocenters. The molecule has 0 aromatic carbocycles. The Labute approximate surface area is 140 Å². The number of carbonyl (C=O) groups is 1. The van der Waals surface area contributed by atoms with Gasteiger partial charge in [0, 0.05) is 11.3 Å². The molecular weight excluding hydrogens is 288 g/mol. The first-order valence-electron chi connectivity index (χ1n) is 9.89. The van der Waals surface area contributed by atoms with E-state index in [1.54, 1.807) is 0 Å². The zero-order valence-corrected chi connectivity index (χ0v) is 14.8. The van der Waals surface area contributed by atoms with Crippen molar-refractivity contribution in [2.75, 3.05) is 0 Å². The van der Waals surface area contributed by atoms with Crippen molar-refractivity contribution in [2.45, 2.75) is 90.3 Å². The third kappa shape index (κ3) is 3.00. The summed E-state index contributed by atoms with van der Waals surface area (Å²) in [6.07, 6.45) is 9.79. The lowest BCUT2D eigenvalue weighted by molar-refractivity contribution is -0.178. The number of hydrogen-bond donors (Lipinski definition) is 2. The van der Waals surface area contributed by atoms with Gasteiger partial charge in [-0.2, -0.15) is 0 Å². The van der Waals surface area contributed by atoms with Gasteiger partial charge in [-0.05, 0) is 62.7 Å². The van der Waals surface area contributed by atoms with Gasteiger partial charge in [0.15, 0.2) is 0 Å². The van der Waals surface area contributed by atoms with E-state index in [4.69, 9.17) is 0 Å². The van der Waals surface area contributed by atoms with Crippen molar-refractivity contribution in [1.82, 2.24) is 0 Å². The zero-order valence-electron chi connectivity index (χ0n) is 14.8. The summed E-state index contributed by atoms with van der Waals surface area (Å²) < 4.78 is 0. The van der Waals surface area contributed by atoms with Crippen LogP contribution in [0.3, 0.4) is 0 Å². The number of ketones is 1. The molecule has 3 heteroatoms. The molecule has 0 aromatic rings. The molecular formula is C20H34O3. The van der Waals surface area contributed by atoms with Gasteiger partial charge in [-0.3, -0.25) is 4.79 Å². The normalized spacial score (nSPS) is 42.9. The van der Waals surface area contributed by atoms with Crippen LogP contribution in [0.1, 0.15) is 78.1 Å². The third-order valence-corrected chi connectivity index (χ3v) is 7.41. The van der Waals surface area contributed by atoms with E-state index in [1.165, 1.54) is 19.3 Å². The molecule has 0 spiro atoms. The highest BCUT2D eigenvalue weighted by Gasteiger charge is 2.62. The zero-order chi connectivity index (χ0) is 16.6. The fraction of sp³-hybridized carbons (Fsp3) is 0.950. The van der Waals surface area contributed by atoms with Crippen LogP contribution in [-0.4, -0.2) is 28.2 Å². The standard InChI is InChI=1S/C20H34O3/c1-3-14-18-15(17(22)11-12-20(18,2)19(14)23)9-10-16(21)13-7-5-4-6-8-13/h13-18,21-22H,3-12H2,1-2H3. The molecule has 0 bridgehead atoms. The molecule has 0 saturated heterocycles. The molecule has 0 amide bonds. The van der Waals surface area contributed by atoms with Crippen LogP contribution < -0.4 is 0 Å². The van der Waals surface area contributed by atoms with Crippen molar-refractivity contribution in [3.63, 3.8) is 0 Å². The van der Waals surface area contributed by atoms with E-state index in [1.807, 2.05) is 0 Å². The predicted octanol–water partition coefficient (Wildman–Crippen LogP) is 3.71. The Hall–Kier alpha value is -0.410. The minimum Gasteiger partial charge on any atom is -0.393 e. The van der Waals surface area contributed by atoms with Gasteiger partial charge in [0.2, 0.25) is 0 Å². The lowest BCUT2D eigenvalue weighted by Crippen LogP contribution is -2.63.